The third-order valence-electron chi connectivity index (χ3n) is 5.86. The Morgan fingerprint density at radius 2 is 1.90 bits per heavy atom. The molecule has 0 radical (unpaired) electrons. The lowest BCUT2D eigenvalue weighted by Crippen LogP contribution is -2.43. The Bertz CT molecular complexity index is 1030. The van der Waals surface area contributed by atoms with E-state index < -0.39 is 0 Å². The van der Waals surface area contributed by atoms with Crippen molar-refractivity contribution >= 4 is 17.4 Å². The van der Waals surface area contributed by atoms with Gasteiger partial charge in [0.25, 0.3) is 0 Å². The van der Waals surface area contributed by atoms with Gasteiger partial charge in [-0.15, -0.1) is 0 Å². The molecule has 0 N–H and O–H groups in total. The number of carbonyl (C=O) groups excluding carboxylic acids is 2. The van der Waals surface area contributed by atoms with Gasteiger partial charge in [0.15, 0.2) is 5.78 Å². The van der Waals surface area contributed by atoms with E-state index in [1.807, 2.05) is 18.2 Å². The van der Waals surface area contributed by atoms with Crippen molar-refractivity contribution in [3.05, 3.63) is 59.6 Å². The molecule has 1 aliphatic heterocycles. The number of nitrogens with zero attached hydrogens (tertiary/aromatic N) is 2. The van der Waals surface area contributed by atoms with E-state index in [0.29, 0.717) is 35.6 Å². The van der Waals surface area contributed by atoms with Gasteiger partial charge in [-0.3, -0.25) is 19.5 Å². The molecular formula is C24H26N2O4. The number of methoxy groups -OCH3 is 2. The fourth-order valence-corrected chi connectivity index (χ4v) is 4.57. The zero-order valence-corrected chi connectivity index (χ0v) is 17.8. The molecule has 1 unspecified atom stereocenters. The SMILES string of the molecule is COc1ccc(C2CC(=O)N(c3cccnc3)C3=C2C(=O)CC(C)(C)C3)c(OC)c1. The highest BCUT2D eigenvalue weighted by Gasteiger charge is 2.45. The number of rotatable bonds is 4. The van der Waals surface area contributed by atoms with Crippen LogP contribution in [0, 0.1) is 5.41 Å². The molecular weight excluding hydrogens is 380 g/mol. The number of Topliss-reactive ketones (excluding diaryl/α,β-unsaturated/α-hetero) is 1. The van der Waals surface area contributed by atoms with Gasteiger partial charge in [-0.2, -0.15) is 0 Å². The summed E-state index contributed by atoms with van der Waals surface area (Å²) in [4.78, 5) is 32.6. The third kappa shape index (κ3) is 3.47. The van der Waals surface area contributed by atoms with Crippen LogP contribution in [-0.4, -0.2) is 30.9 Å². The van der Waals surface area contributed by atoms with Gasteiger partial charge in [-0.05, 0) is 30.0 Å². The monoisotopic (exact) mass is 406 g/mol. The van der Waals surface area contributed by atoms with Crippen LogP contribution in [0.2, 0.25) is 0 Å². The van der Waals surface area contributed by atoms with Crippen molar-refractivity contribution in [2.45, 2.75) is 39.0 Å². The summed E-state index contributed by atoms with van der Waals surface area (Å²) in [5.74, 6) is 0.983. The Kier molecular flexibility index (Phi) is 5.10. The lowest BCUT2D eigenvalue weighted by Gasteiger charge is -2.43. The number of hydrogen-bond donors (Lipinski definition) is 0. The minimum Gasteiger partial charge on any atom is -0.497 e. The molecule has 2 aliphatic rings. The molecule has 0 saturated carbocycles. The minimum atomic E-state index is -0.343. The maximum absolute atomic E-state index is 13.4. The van der Waals surface area contributed by atoms with Gasteiger partial charge in [0, 0.05) is 47.9 Å². The lowest BCUT2D eigenvalue weighted by atomic mass is 9.69. The van der Waals surface area contributed by atoms with E-state index in [1.165, 1.54) is 0 Å². The second kappa shape index (κ2) is 7.59. The van der Waals surface area contributed by atoms with Crippen LogP contribution in [0.15, 0.2) is 54.0 Å². The molecule has 1 aromatic heterocycles. The average molecular weight is 406 g/mol. The highest BCUT2D eigenvalue weighted by Crippen LogP contribution is 2.49. The third-order valence-corrected chi connectivity index (χ3v) is 5.86. The zero-order valence-electron chi connectivity index (χ0n) is 17.8. The van der Waals surface area contributed by atoms with Crippen molar-refractivity contribution in [1.29, 1.82) is 0 Å². The minimum absolute atomic E-state index is 0.0462. The second-order valence-corrected chi connectivity index (χ2v) is 8.61. The Hall–Kier alpha value is -3.15. The van der Waals surface area contributed by atoms with E-state index in [4.69, 9.17) is 9.47 Å². The number of ketones is 1. The summed E-state index contributed by atoms with van der Waals surface area (Å²) in [7, 11) is 3.18. The number of pyridine rings is 1. The molecule has 1 aliphatic carbocycles. The molecule has 6 heteroatoms. The summed E-state index contributed by atoms with van der Waals surface area (Å²) in [5, 5.41) is 0. The van der Waals surface area contributed by atoms with Crippen molar-refractivity contribution in [2.24, 2.45) is 5.41 Å². The van der Waals surface area contributed by atoms with Gasteiger partial charge in [-0.25, -0.2) is 0 Å². The highest BCUT2D eigenvalue weighted by atomic mass is 16.5. The molecule has 1 aromatic carbocycles. The molecule has 156 valence electrons. The number of allylic oxidation sites excluding steroid dienone is 2. The number of aromatic nitrogens is 1. The summed E-state index contributed by atoms with van der Waals surface area (Å²) in [6, 6.07) is 9.19. The van der Waals surface area contributed by atoms with Crippen molar-refractivity contribution in [1.82, 2.24) is 4.98 Å². The van der Waals surface area contributed by atoms with E-state index in [-0.39, 0.29) is 29.4 Å². The maximum atomic E-state index is 13.4. The van der Waals surface area contributed by atoms with Gasteiger partial charge in [0.05, 0.1) is 26.1 Å². The molecule has 2 aromatic rings. The predicted molar refractivity (Wildman–Crippen MR) is 114 cm³/mol. The van der Waals surface area contributed by atoms with Gasteiger partial charge >= 0.3 is 0 Å². The van der Waals surface area contributed by atoms with Crippen molar-refractivity contribution in [2.75, 3.05) is 19.1 Å². The number of amides is 1. The Labute approximate surface area is 176 Å². The van der Waals surface area contributed by atoms with Crippen molar-refractivity contribution in [3.8, 4) is 11.5 Å². The maximum Gasteiger partial charge on any atom is 0.232 e. The molecule has 30 heavy (non-hydrogen) atoms. The summed E-state index contributed by atoms with van der Waals surface area (Å²) in [6.07, 6.45) is 4.64. The van der Waals surface area contributed by atoms with Crippen LogP contribution in [0.25, 0.3) is 0 Å². The van der Waals surface area contributed by atoms with Crippen LogP contribution in [0.4, 0.5) is 5.69 Å². The topological polar surface area (TPSA) is 68.7 Å². The average Bonchev–Trinajstić information content (AvgIpc) is 2.72. The fourth-order valence-electron chi connectivity index (χ4n) is 4.57. The standard InChI is InChI=1S/C24H26N2O4/c1-24(2)12-19-23(20(27)13-24)18(17-8-7-16(29-3)10-21(17)30-4)11-22(28)26(19)15-6-5-9-25-14-15/h5-10,14,18H,11-13H2,1-4H3. The smallest absolute Gasteiger partial charge is 0.232 e. The van der Waals surface area contributed by atoms with Crippen LogP contribution in [-0.2, 0) is 9.59 Å². The lowest BCUT2D eigenvalue weighted by molar-refractivity contribution is -0.121. The number of anilines is 1. The molecule has 4 rings (SSSR count). The molecule has 0 fully saturated rings. The number of benzene rings is 1. The van der Waals surface area contributed by atoms with Crippen LogP contribution in [0.1, 0.15) is 44.6 Å². The van der Waals surface area contributed by atoms with E-state index in [1.54, 1.807) is 43.6 Å². The first-order valence-corrected chi connectivity index (χ1v) is 10.1. The van der Waals surface area contributed by atoms with E-state index in [2.05, 4.69) is 18.8 Å². The Morgan fingerprint density at radius 3 is 2.57 bits per heavy atom. The van der Waals surface area contributed by atoms with E-state index >= 15 is 0 Å². The Morgan fingerprint density at radius 1 is 1.10 bits per heavy atom. The van der Waals surface area contributed by atoms with Crippen LogP contribution in [0.3, 0.4) is 0 Å². The molecule has 1 atom stereocenters. The quantitative estimate of drug-likeness (QED) is 0.759. The highest BCUT2D eigenvalue weighted by molar-refractivity contribution is 6.07. The van der Waals surface area contributed by atoms with E-state index in [9.17, 15) is 9.59 Å². The molecule has 0 spiro atoms. The first-order chi connectivity index (χ1) is 14.3. The summed E-state index contributed by atoms with van der Waals surface area (Å²) >= 11 is 0. The first kappa shape index (κ1) is 20.1. The zero-order chi connectivity index (χ0) is 21.5. The van der Waals surface area contributed by atoms with Crippen LogP contribution < -0.4 is 14.4 Å². The number of hydrogen-bond acceptors (Lipinski definition) is 5. The van der Waals surface area contributed by atoms with Crippen molar-refractivity contribution < 1.29 is 19.1 Å². The van der Waals surface area contributed by atoms with Gasteiger partial charge < -0.3 is 9.47 Å². The molecule has 0 bridgehead atoms. The Balaban J connectivity index is 1.90. The normalized spacial score (nSPS) is 20.8. The van der Waals surface area contributed by atoms with E-state index in [0.717, 1.165) is 11.3 Å². The summed E-state index contributed by atoms with van der Waals surface area (Å²) < 4.78 is 10.9. The first-order valence-electron chi connectivity index (χ1n) is 10.1. The van der Waals surface area contributed by atoms with Gasteiger partial charge in [-0.1, -0.05) is 19.9 Å². The molecule has 0 saturated heterocycles. The van der Waals surface area contributed by atoms with Gasteiger partial charge in [0.2, 0.25) is 5.91 Å². The van der Waals surface area contributed by atoms with Crippen LogP contribution in [0.5, 0.6) is 11.5 Å². The van der Waals surface area contributed by atoms with Crippen molar-refractivity contribution in [3.63, 3.8) is 0 Å². The molecule has 2 heterocycles. The summed E-state index contributed by atoms with van der Waals surface area (Å²) in [5.41, 5.74) is 2.80. The molecule has 1 amide bonds. The van der Waals surface area contributed by atoms with Gasteiger partial charge in [0.1, 0.15) is 11.5 Å². The fraction of sp³-hybridized carbons (Fsp3) is 0.375. The largest absolute Gasteiger partial charge is 0.497 e. The second-order valence-electron chi connectivity index (χ2n) is 8.61. The number of carbonyl (C=O) groups is 2. The summed E-state index contributed by atoms with van der Waals surface area (Å²) in [6.45, 7) is 4.14. The molecule has 6 nitrogen and oxygen atoms in total. The predicted octanol–water partition coefficient (Wildman–Crippen LogP) is 4.26. The number of ether oxygens (including phenoxy) is 2. The van der Waals surface area contributed by atoms with Crippen LogP contribution >= 0.6 is 0 Å².